The molecule has 24 heavy (non-hydrogen) atoms. The van der Waals surface area contributed by atoms with Crippen molar-refractivity contribution in [2.75, 3.05) is 7.11 Å². The summed E-state index contributed by atoms with van der Waals surface area (Å²) >= 11 is 1.36. The molecule has 120 valence electrons. The van der Waals surface area contributed by atoms with E-state index in [0.717, 1.165) is 22.0 Å². The second-order valence-electron chi connectivity index (χ2n) is 4.96. The van der Waals surface area contributed by atoms with Gasteiger partial charge >= 0.3 is 0 Å². The van der Waals surface area contributed by atoms with Gasteiger partial charge in [0.2, 0.25) is 0 Å². The van der Waals surface area contributed by atoms with Crippen LogP contribution in [0.2, 0.25) is 0 Å². The fraction of sp³-hybridized carbons (Fsp3) is 0.125. The Kier molecular flexibility index (Phi) is 3.97. The van der Waals surface area contributed by atoms with Crippen LogP contribution in [-0.2, 0) is 11.3 Å². The summed E-state index contributed by atoms with van der Waals surface area (Å²) in [5, 5.41) is 5.53. The van der Waals surface area contributed by atoms with Crippen LogP contribution in [0.15, 0.2) is 63.7 Å². The minimum absolute atomic E-state index is 0.401. The first-order valence-electron chi connectivity index (χ1n) is 7.21. The topological polar surface area (TPSA) is 78.3 Å². The third-order valence-electron chi connectivity index (χ3n) is 3.31. The van der Waals surface area contributed by atoms with Gasteiger partial charge in [-0.3, -0.25) is 0 Å². The van der Waals surface area contributed by atoms with Crippen LogP contribution < -0.4 is 0 Å². The molecule has 0 N–H and O–H groups in total. The minimum Gasteiger partial charge on any atom is -0.439 e. The Balaban J connectivity index is 1.67. The fourth-order valence-corrected chi connectivity index (χ4v) is 3.09. The molecule has 3 heterocycles. The molecule has 8 heteroatoms. The zero-order valence-electron chi connectivity index (χ0n) is 12.8. The molecule has 0 bridgehead atoms. The maximum atomic E-state index is 5.59. The van der Waals surface area contributed by atoms with Gasteiger partial charge in [-0.05, 0) is 17.8 Å². The number of methoxy groups -OCH3 is 1. The highest BCUT2D eigenvalue weighted by Crippen LogP contribution is 2.30. The molecule has 0 fully saturated rings. The van der Waals surface area contributed by atoms with Crippen molar-refractivity contribution in [1.82, 2.24) is 24.6 Å². The SMILES string of the molecule is COCc1cc(Sc2nc(-c3ccccc3)co2)n2ncnc2n1. The summed E-state index contributed by atoms with van der Waals surface area (Å²) in [7, 11) is 1.63. The summed E-state index contributed by atoms with van der Waals surface area (Å²) in [6.45, 7) is 0.401. The van der Waals surface area contributed by atoms with Crippen molar-refractivity contribution in [3.8, 4) is 11.3 Å². The van der Waals surface area contributed by atoms with E-state index in [1.165, 1.54) is 18.1 Å². The molecule has 4 rings (SSSR count). The lowest BCUT2D eigenvalue weighted by molar-refractivity contribution is 0.181. The van der Waals surface area contributed by atoms with E-state index < -0.39 is 0 Å². The number of benzene rings is 1. The standard InChI is InChI=1S/C16H13N5O2S/c1-22-8-12-7-14(21-15(19-12)17-10-18-21)24-16-20-13(9-23-16)11-5-3-2-4-6-11/h2-7,9-10H,8H2,1H3. The first kappa shape index (κ1) is 14.9. The number of ether oxygens (including phenoxy) is 1. The Morgan fingerprint density at radius 3 is 2.92 bits per heavy atom. The van der Waals surface area contributed by atoms with Crippen molar-refractivity contribution >= 4 is 17.5 Å². The summed E-state index contributed by atoms with van der Waals surface area (Å²) in [6, 6.07) is 11.8. The average Bonchev–Trinajstić information content (AvgIpc) is 3.25. The van der Waals surface area contributed by atoms with E-state index in [-0.39, 0.29) is 0 Å². The summed E-state index contributed by atoms with van der Waals surface area (Å²) < 4.78 is 12.4. The molecule has 0 amide bonds. The van der Waals surface area contributed by atoms with E-state index in [0.29, 0.717) is 17.6 Å². The molecule has 7 nitrogen and oxygen atoms in total. The van der Waals surface area contributed by atoms with Gasteiger partial charge in [-0.2, -0.15) is 14.6 Å². The van der Waals surface area contributed by atoms with Crippen molar-refractivity contribution in [1.29, 1.82) is 0 Å². The van der Waals surface area contributed by atoms with Crippen LogP contribution in [0.4, 0.5) is 0 Å². The number of fused-ring (bicyclic) bond motifs is 1. The number of hydrogen-bond donors (Lipinski definition) is 0. The molecule has 4 aromatic rings. The zero-order valence-corrected chi connectivity index (χ0v) is 13.6. The second-order valence-corrected chi connectivity index (χ2v) is 5.93. The lowest BCUT2D eigenvalue weighted by Crippen LogP contribution is -2.01. The quantitative estimate of drug-likeness (QED) is 0.517. The molecular formula is C16H13N5O2S. The second kappa shape index (κ2) is 6.42. The Morgan fingerprint density at radius 2 is 2.08 bits per heavy atom. The molecule has 0 radical (unpaired) electrons. The van der Waals surface area contributed by atoms with E-state index in [1.54, 1.807) is 17.9 Å². The third-order valence-corrected chi connectivity index (χ3v) is 4.17. The lowest BCUT2D eigenvalue weighted by atomic mass is 10.2. The predicted octanol–water partition coefficient (Wildman–Crippen LogP) is 3.08. The smallest absolute Gasteiger partial charge is 0.262 e. The van der Waals surface area contributed by atoms with Crippen LogP contribution in [0, 0.1) is 0 Å². The minimum atomic E-state index is 0.401. The molecule has 0 aliphatic rings. The monoisotopic (exact) mass is 339 g/mol. The van der Waals surface area contributed by atoms with Crippen LogP contribution in [0.5, 0.6) is 0 Å². The number of oxazole rings is 1. The van der Waals surface area contributed by atoms with E-state index in [2.05, 4.69) is 20.1 Å². The summed E-state index contributed by atoms with van der Waals surface area (Å²) in [6.07, 6.45) is 3.11. The first-order chi connectivity index (χ1) is 11.8. The molecule has 0 saturated heterocycles. The lowest BCUT2D eigenvalue weighted by Gasteiger charge is -2.04. The maximum absolute atomic E-state index is 5.59. The highest BCUT2D eigenvalue weighted by atomic mass is 32.2. The van der Waals surface area contributed by atoms with Gasteiger partial charge in [0, 0.05) is 12.7 Å². The Morgan fingerprint density at radius 1 is 1.21 bits per heavy atom. The highest BCUT2D eigenvalue weighted by molar-refractivity contribution is 7.99. The normalized spacial score (nSPS) is 11.2. The van der Waals surface area contributed by atoms with Crippen LogP contribution >= 0.6 is 11.8 Å². The van der Waals surface area contributed by atoms with Gasteiger partial charge in [0.15, 0.2) is 0 Å². The Bertz CT molecular complexity index is 967. The third kappa shape index (κ3) is 2.89. The van der Waals surface area contributed by atoms with Crippen LogP contribution in [-0.4, -0.2) is 31.7 Å². The predicted molar refractivity (Wildman–Crippen MR) is 87.6 cm³/mol. The molecule has 3 aromatic heterocycles. The van der Waals surface area contributed by atoms with Gasteiger partial charge in [0.05, 0.1) is 12.3 Å². The van der Waals surface area contributed by atoms with Crippen LogP contribution in [0.25, 0.3) is 17.0 Å². The number of rotatable bonds is 5. The van der Waals surface area contributed by atoms with Crippen molar-refractivity contribution in [2.24, 2.45) is 0 Å². The largest absolute Gasteiger partial charge is 0.439 e. The van der Waals surface area contributed by atoms with Gasteiger partial charge in [-0.25, -0.2) is 9.97 Å². The zero-order chi connectivity index (χ0) is 16.4. The van der Waals surface area contributed by atoms with Gasteiger partial charge in [0.25, 0.3) is 11.0 Å². The van der Waals surface area contributed by atoms with Crippen LogP contribution in [0.3, 0.4) is 0 Å². The molecule has 0 atom stereocenters. The van der Waals surface area contributed by atoms with Crippen molar-refractivity contribution < 1.29 is 9.15 Å². The summed E-state index contributed by atoms with van der Waals surface area (Å²) in [4.78, 5) is 13.0. The van der Waals surface area contributed by atoms with Gasteiger partial charge in [-0.15, -0.1) is 0 Å². The first-order valence-corrected chi connectivity index (χ1v) is 8.02. The van der Waals surface area contributed by atoms with Gasteiger partial charge < -0.3 is 9.15 Å². The maximum Gasteiger partial charge on any atom is 0.262 e. The summed E-state index contributed by atoms with van der Waals surface area (Å²) in [5.74, 6) is 0.516. The number of hydrogen-bond acceptors (Lipinski definition) is 7. The summed E-state index contributed by atoms with van der Waals surface area (Å²) in [5.41, 5.74) is 2.57. The molecule has 0 aliphatic heterocycles. The fourth-order valence-electron chi connectivity index (χ4n) is 2.26. The molecular weight excluding hydrogens is 326 g/mol. The Labute approximate surface area is 141 Å². The highest BCUT2D eigenvalue weighted by Gasteiger charge is 2.13. The molecule has 0 unspecified atom stereocenters. The molecule has 0 spiro atoms. The van der Waals surface area contributed by atoms with E-state index in [9.17, 15) is 0 Å². The molecule has 1 aromatic carbocycles. The molecule has 0 saturated carbocycles. The van der Waals surface area contributed by atoms with Crippen molar-refractivity contribution in [3.63, 3.8) is 0 Å². The van der Waals surface area contributed by atoms with Crippen molar-refractivity contribution in [3.05, 3.63) is 54.7 Å². The van der Waals surface area contributed by atoms with E-state index >= 15 is 0 Å². The number of nitrogens with zero attached hydrogens (tertiary/aromatic N) is 5. The van der Waals surface area contributed by atoms with E-state index in [1.807, 2.05) is 36.4 Å². The van der Waals surface area contributed by atoms with Gasteiger partial charge in [0.1, 0.15) is 23.3 Å². The number of aromatic nitrogens is 5. The van der Waals surface area contributed by atoms with Crippen LogP contribution in [0.1, 0.15) is 5.69 Å². The van der Waals surface area contributed by atoms with Crippen molar-refractivity contribution in [2.45, 2.75) is 16.9 Å². The van der Waals surface area contributed by atoms with E-state index in [4.69, 9.17) is 9.15 Å². The molecule has 0 aliphatic carbocycles. The average molecular weight is 339 g/mol. The van der Waals surface area contributed by atoms with Gasteiger partial charge in [-0.1, -0.05) is 30.3 Å². The Hall–Kier alpha value is -2.71.